The van der Waals surface area contributed by atoms with Gasteiger partial charge in [-0.15, -0.1) is 15.9 Å². The second-order valence-electron chi connectivity index (χ2n) is 7.00. The van der Waals surface area contributed by atoms with Crippen molar-refractivity contribution in [3.05, 3.63) is 57.3 Å². The van der Waals surface area contributed by atoms with Crippen LogP contribution in [0.3, 0.4) is 0 Å². The van der Waals surface area contributed by atoms with Gasteiger partial charge >= 0.3 is 11.4 Å². The molecule has 0 amide bonds. The largest absolute Gasteiger partial charge is 0.872 e. The van der Waals surface area contributed by atoms with Crippen molar-refractivity contribution in [3.8, 4) is 5.82 Å². The van der Waals surface area contributed by atoms with Crippen LogP contribution in [0.5, 0.6) is 0 Å². The maximum absolute atomic E-state index is 13.3. The van der Waals surface area contributed by atoms with Gasteiger partial charge in [-0.3, -0.25) is 0 Å². The quantitative estimate of drug-likeness (QED) is 0.379. The molecule has 1 aromatic carbocycles. The van der Waals surface area contributed by atoms with Gasteiger partial charge in [0.2, 0.25) is 5.35 Å². The van der Waals surface area contributed by atoms with E-state index in [1.807, 2.05) is 24.3 Å². The molecule has 7 heteroatoms. The van der Waals surface area contributed by atoms with Gasteiger partial charge in [-0.25, -0.2) is 4.79 Å². The van der Waals surface area contributed by atoms with E-state index in [1.165, 1.54) is 6.42 Å². The van der Waals surface area contributed by atoms with Gasteiger partial charge in [0.15, 0.2) is 5.52 Å². The van der Waals surface area contributed by atoms with Crippen LogP contribution in [0.4, 0.5) is 0 Å². The third-order valence-electron chi connectivity index (χ3n) is 5.26. The van der Waals surface area contributed by atoms with Crippen LogP contribution in [0, 0.1) is 0 Å². The fourth-order valence-corrected chi connectivity index (χ4v) is 5.46. The minimum Gasteiger partial charge on any atom is -0.872 e. The van der Waals surface area contributed by atoms with Gasteiger partial charge in [0, 0.05) is 6.54 Å². The number of hydrogen-bond donors (Lipinski definition) is 0. The number of piperidine rings is 1. The summed E-state index contributed by atoms with van der Waals surface area (Å²) in [6, 6.07) is 9.46. The number of pyridine rings is 1. The predicted molar refractivity (Wildman–Crippen MR) is 106 cm³/mol. The summed E-state index contributed by atoms with van der Waals surface area (Å²) in [5.74, 6) is 0.586. The first-order valence-electron chi connectivity index (χ1n) is 9.13. The minimum absolute atomic E-state index is 0.131. The molecule has 3 aliphatic heterocycles. The number of para-hydroxylation sites is 1. The maximum atomic E-state index is 13.3. The number of rotatable bonds is 2. The molecule has 0 atom stereocenters. The van der Waals surface area contributed by atoms with Crippen molar-refractivity contribution >= 4 is 43.6 Å². The smallest absolute Gasteiger partial charge is 0.385 e. The van der Waals surface area contributed by atoms with Gasteiger partial charge in [-0.05, 0) is 50.2 Å². The van der Waals surface area contributed by atoms with Crippen molar-refractivity contribution in [2.45, 2.75) is 19.3 Å². The van der Waals surface area contributed by atoms with E-state index in [2.05, 4.69) is 4.90 Å². The molecule has 0 aliphatic carbocycles. The molecule has 138 valence electrons. The summed E-state index contributed by atoms with van der Waals surface area (Å²) >= 11 is 8.01. The van der Waals surface area contributed by atoms with Crippen LogP contribution in [0.25, 0.3) is 26.5 Å². The third kappa shape index (κ3) is 2.63. The summed E-state index contributed by atoms with van der Waals surface area (Å²) in [5.41, 5.74) is 0.376. The Kier molecular flexibility index (Phi) is 4.07. The SMILES string of the molecule is O=c1/c(=C(/[O-])CN2CCCCC2)[n+]2cccc3sc4cccc(Cl)c4n1-c32. The van der Waals surface area contributed by atoms with Crippen LogP contribution in [0.2, 0.25) is 5.02 Å². The molecule has 0 unspecified atom stereocenters. The molecule has 4 heterocycles. The van der Waals surface area contributed by atoms with Crippen molar-refractivity contribution in [2.24, 2.45) is 0 Å². The number of aromatic nitrogens is 2. The highest BCUT2D eigenvalue weighted by atomic mass is 35.5. The molecule has 3 aliphatic rings. The molecule has 5 rings (SSSR count). The molecule has 5 nitrogen and oxygen atoms in total. The number of imidazole rings is 1. The van der Waals surface area contributed by atoms with Crippen molar-refractivity contribution in [2.75, 3.05) is 19.6 Å². The molecule has 0 radical (unpaired) electrons. The summed E-state index contributed by atoms with van der Waals surface area (Å²) in [7, 11) is 0. The van der Waals surface area contributed by atoms with Crippen LogP contribution < -0.4 is 20.4 Å². The Morgan fingerprint density at radius 1 is 1.15 bits per heavy atom. The third-order valence-corrected chi connectivity index (χ3v) is 6.66. The Hall–Kier alpha value is -2.15. The molecule has 0 N–H and O–H groups in total. The van der Waals surface area contributed by atoms with Crippen molar-refractivity contribution < 1.29 is 9.51 Å². The maximum Gasteiger partial charge on any atom is 0.385 e. The van der Waals surface area contributed by atoms with Gasteiger partial charge in [0.1, 0.15) is 4.70 Å². The average Bonchev–Trinajstić information content (AvgIpc) is 2.97. The number of benzene rings is 1. The summed E-state index contributed by atoms with van der Waals surface area (Å²) in [6.07, 6.45) is 5.22. The number of likely N-dealkylation sites (tertiary alicyclic amines) is 1. The number of halogens is 1. The second-order valence-corrected chi connectivity index (χ2v) is 8.49. The zero-order valence-electron chi connectivity index (χ0n) is 14.7. The highest BCUT2D eigenvalue weighted by Gasteiger charge is 2.29. The zero-order valence-corrected chi connectivity index (χ0v) is 16.2. The molecule has 2 aromatic rings. The predicted octanol–water partition coefficient (Wildman–Crippen LogP) is 1.56. The van der Waals surface area contributed by atoms with Gasteiger partial charge in [0.05, 0.1) is 15.9 Å². The average molecular weight is 400 g/mol. The van der Waals surface area contributed by atoms with Crippen LogP contribution in [0.15, 0.2) is 41.3 Å². The first-order valence-corrected chi connectivity index (χ1v) is 10.3. The van der Waals surface area contributed by atoms with Crippen LogP contribution in [-0.4, -0.2) is 29.1 Å². The van der Waals surface area contributed by atoms with E-state index < -0.39 is 0 Å². The first-order chi connectivity index (χ1) is 13.1. The Morgan fingerprint density at radius 2 is 1.93 bits per heavy atom. The van der Waals surface area contributed by atoms with Crippen molar-refractivity contribution in [1.82, 2.24) is 9.47 Å². The summed E-state index contributed by atoms with van der Waals surface area (Å²) in [5, 5.41) is 13.8. The van der Waals surface area contributed by atoms with Gasteiger partial charge in [-0.1, -0.05) is 29.8 Å². The summed E-state index contributed by atoms with van der Waals surface area (Å²) in [6.45, 7) is 2.12. The molecule has 1 aromatic heterocycles. The fourth-order valence-electron chi connectivity index (χ4n) is 4.03. The van der Waals surface area contributed by atoms with Gasteiger partial charge in [-0.2, -0.15) is 4.40 Å². The zero-order chi connectivity index (χ0) is 18.5. The summed E-state index contributed by atoms with van der Waals surface area (Å²) in [4.78, 5) is 15.5. The Bertz CT molecular complexity index is 1240. The highest BCUT2D eigenvalue weighted by Crippen LogP contribution is 2.32. The summed E-state index contributed by atoms with van der Waals surface area (Å²) < 4.78 is 5.21. The fraction of sp³-hybridized carbons (Fsp3) is 0.300. The van der Waals surface area contributed by atoms with E-state index in [0.29, 0.717) is 10.5 Å². The lowest BCUT2D eigenvalue weighted by atomic mass is 10.1. The standard InChI is InChI=1S/C20H18ClN3O2S/c21-13-6-4-7-15-17(13)24-19-16(27-15)8-5-11-23(19)18(20(24)26)14(25)12-22-9-2-1-3-10-22/h4-8,11H,1-3,9-10,12H2. The van der Waals surface area contributed by atoms with Crippen molar-refractivity contribution in [3.63, 3.8) is 0 Å². The normalized spacial score (nSPS) is 17.2. The lowest BCUT2D eigenvalue weighted by molar-refractivity contribution is -0.546. The second kappa shape index (κ2) is 6.48. The Labute approximate surface area is 164 Å². The van der Waals surface area contributed by atoms with E-state index in [1.54, 1.807) is 32.6 Å². The lowest BCUT2D eigenvalue weighted by Gasteiger charge is -2.28. The molecule has 1 saturated heterocycles. The number of hydrogen-bond acceptors (Lipinski definition) is 4. The van der Waals surface area contributed by atoms with E-state index in [9.17, 15) is 9.90 Å². The molecule has 0 saturated carbocycles. The Morgan fingerprint density at radius 3 is 2.74 bits per heavy atom. The lowest BCUT2D eigenvalue weighted by Crippen LogP contribution is -2.49. The van der Waals surface area contributed by atoms with E-state index >= 15 is 0 Å². The number of fused-ring (bicyclic) bond motifs is 2. The highest BCUT2D eigenvalue weighted by molar-refractivity contribution is 7.24. The van der Waals surface area contributed by atoms with Gasteiger partial charge in [0.25, 0.3) is 0 Å². The van der Waals surface area contributed by atoms with Gasteiger partial charge < -0.3 is 10.0 Å². The molecular weight excluding hydrogens is 382 g/mol. The Balaban J connectivity index is 1.86. The molecular formula is C20H18ClN3O2S. The first kappa shape index (κ1) is 17.0. The van der Waals surface area contributed by atoms with Crippen LogP contribution in [-0.2, 0) is 0 Å². The molecule has 27 heavy (non-hydrogen) atoms. The number of nitrogens with zero attached hydrogens (tertiary/aromatic N) is 3. The molecule has 0 bridgehead atoms. The topological polar surface area (TPSA) is 52.4 Å². The molecule has 1 fully saturated rings. The molecule has 0 spiro atoms. The van der Waals surface area contributed by atoms with E-state index in [0.717, 1.165) is 41.1 Å². The van der Waals surface area contributed by atoms with Crippen LogP contribution in [0.1, 0.15) is 19.3 Å². The van der Waals surface area contributed by atoms with E-state index in [-0.39, 0.29) is 23.2 Å². The minimum atomic E-state index is -0.292. The van der Waals surface area contributed by atoms with E-state index in [4.69, 9.17) is 11.6 Å². The van der Waals surface area contributed by atoms with Crippen molar-refractivity contribution in [1.29, 1.82) is 0 Å². The van der Waals surface area contributed by atoms with Crippen LogP contribution >= 0.6 is 22.9 Å². The monoisotopic (exact) mass is 399 g/mol.